The number of nitrogens with two attached hydrogens (primary N) is 1. The van der Waals surface area contributed by atoms with Crippen LogP contribution in [0.3, 0.4) is 0 Å². The number of imidazole rings is 1. The minimum absolute atomic E-state index is 0.798. The third kappa shape index (κ3) is 1.60. The Bertz CT molecular complexity index is 499. The van der Waals surface area contributed by atoms with E-state index in [1.807, 2.05) is 37.2 Å². The lowest BCUT2D eigenvalue weighted by atomic mass is 10.2. The Hall–Kier alpha value is -1.71. The van der Waals surface area contributed by atoms with E-state index < -0.39 is 0 Å². The number of fused-ring (bicyclic) bond motifs is 1. The Morgan fingerprint density at radius 1 is 1.38 bits per heavy atom. The van der Waals surface area contributed by atoms with Crippen molar-refractivity contribution >= 4 is 22.7 Å². The van der Waals surface area contributed by atoms with E-state index in [-0.39, 0.29) is 0 Å². The number of rotatable bonds is 3. The zero-order valence-corrected chi connectivity index (χ0v) is 10.1. The molecular formula is C12H18N4. The molecule has 0 saturated heterocycles. The SMILES string of the molecule is CCCn1c(N(C)C)nc2cccc(N)c21. The Balaban J connectivity index is 2.72. The van der Waals surface area contributed by atoms with E-state index in [9.17, 15) is 0 Å². The second kappa shape index (κ2) is 4.04. The van der Waals surface area contributed by atoms with Gasteiger partial charge in [0.1, 0.15) is 0 Å². The number of aryl methyl sites for hydroxylation is 1. The van der Waals surface area contributed by atoms with E-state index in [2.05, 4.69) is 16.5 Å². The first-order valence-electron chi connectivity index (χ1n) is 5.57. The second-order valence-corrected chi connectivity index (χ2v) is 4.17. The lowest BCUT2D eigenvalue weighted by Gasteiger charge is -2.14. The van der Waals surface area contributed by atoms with Gasteiger partial charge < -0.3 is 15.2 Å². The number of nitrogens with zero attached hydrogens (tertiary/aromatic N) is 3. The maximum Gasteiger partial charge on any atom is 0.206 e. The Labute approximate surface area is 95.7 Å². The highest BCUT2D eigenvalue weighted by molar-refractivity contribution is 5.89. The van der Waals surface area contributed by atoms with Crippen molar-refractivity contribution in [1.29, 1.82) is 0 Å². The first-order valence-corrected chi connectivity index (χ1v) is 5.57. The van der Waals surface area contributed by atoms with E-state index in [1.165, 1.54) is 0 Å². The summed E-state index contributed by atoms with van der Waals surface area (Å²) in [5.74, 6) is 0.967. The largest absolute Gasteiger partial charge is 0.397 e. The van der Waals surface area contributed by atoms with Gasteiger partial charge in [-0.15, -0.1) is 0 Å². The molecule has 2 N–H and O–H groups in total. The quantitative estimate of drug-likeness (QED) is 0.802. The topological polar surface area (TPSA) is 47.1 Å². The molecular weight excluding hydrogens is 200 g/mol. The van der Waals surface area contributed by atoms with Gasteiger partial charge in [0.2, 0.25) is 5.95 Å². The van der Waals surface area contributed by atoms with Crippen LogP contribution in [0, 0.1) is 0 Å². The van der Waals surface area contributed by atoms with Gasteiger partial charge in [-0.1, -0.05) is 13.0 Å². The second-order valence-electron chi connectivity index (χ2n) is 4.17. The van der Waals surface area contributed by atoms with Crippen LogP contribution in [0.15, 0.2) is 18.2 Å². The van der Waals surface area contributed by atoms with E-state index >= 15 is 0 Å². The first kappa shape index (κ1) is 10.8. The van der Waals surface area contributed by atoms with Crippen LogP contribution < -0.4 is 10.6 Å². The summed E-state index contributed by atoms with van der Waals surface area (Å²) in [6, 6.07) is 5.88. The van der Waals surface area contributed by atoms with Crippen molar-refractivity contribution in [3.63, 3.8) is 0 Å². The predicted molar refractivity (Wildman–Crippen MR) is 68.8 cm³/mol. The number of hydrogen-bond acceptors (Lipinski definition) is 3. The van der Waals surface area contributed by atoms with Gasteiger partial charge in [0.25, 0.3) is 0 Å². The summed E-state index contributed by atoms with van der Waals surface area (Å²) in [5.41, 5.74) is 8.84. The van der Waals surface area contributed by atoms with Crippen molar-refractivity contribution < 1.29 is 0 Å². The average Bonchev–Trinajstić information content (AvgIpc) is 2.59. The molecule has 0 fully saturated rings. The summed E-state index contributed by atoms with van der Waals surface area (Å²) in [7, 11) is 4.01. The Morgan fingerprint density at radius 3 is 2.75 bits per heavy atom. The van der Waals surface area contributed by atoms with E-state index in [1.54, 1.807) is 0 Å². The summed E-state index contributed by atoms with van der Waals surface area (Å²) in [5, 5.41) is 0. The van der Waals surface area contributed by atoms with E-state index in [0.717, 1.165) is 35.6 Å². The lowest BCUT2D eigenvalue weighted by molar-refractivity contribution is 0.691. The normalized spacial score (nSPS) is 10.9. The molecule has 2 rings (SSSR count). The highest BCUT2D eigenvalue weighted by atomic mass is 15.3. The zero-order chi connectivity index (χ0) is 11.7. The first-order chi connectivity index (χ1) is 7.65. The highest BCUT2D eigenvalue weighted by Crippen LogP contribution is 2.26. The van der Waals surface area contributed by atoms with Crippen LogP contribution in [0.4, 0.5) is 11.6 Å². The van der Waals surface area contributed by atoms with Crippen molar-refractivity contribution in [2.75, 3.05) is 24.7 Å². The van der Waals surface area contributed by atoms with Gasteiger partial charge in [0.05, 0.1) is 16.7 Å². The molecule has 0 radical (unpaired) electrons. The molecule has 4 heteroatoms. The van der Waals surface area contributed by atoms with Crippen LogP contribution in [0.5, 0.6) is 0 Å². The summed E-state index contributed by atoms with van der Waals surface area (Å²) in [4.78, 5) is 6.62. The number of nitrogen functional groups attached to an aromatic ring is 1. The predicted octanol–water partition coefficient (Wildman–Crippen LogP) is 2.09. The van der Waals surface area contributed by atoms with Gasteiger partial charge in [-0.2, -0.15) is 0 Å². The molecule has 0 aliphatic carbocycles. The highest BCUT2D eigenvalue weighted by Gasteiger charge is 2.13. The van der Waals surface area contributed by atoms with Crippen LogP contribution in [-0.2, 0) is 6.54 Å². The van der Waals surface area contributed by atoms with Gasteiger partial charge in [-0.25, -0.2) is 4.98 Å². The summed E-state index contributed by atoms with van der Waals surface area (Å²) in [6.45, 7) is 3.10. The molecule has 0 saturated carbocycles. The Morgan fingerprint density at radius 2 is 2.12 bits per heavy atom. The molecule has 0 amide bonds. The maximum atomic E-state index is 6.02. The van der Waals surface area contributed by atoms with Crippen molar-refractivity contribution in [3.8, 4) is 0 Å². The summed E-state index contributed by atoms with van der Waals surface area (Å²) >= 11 is 0. The molecule has 0 unspecified atom stereocenters. The van der Waals surface area contributed by atoms with Gasteiger partial charge in [-0.05, 0) is 18.6 Å². The van der Waals surface area contributed by atoms with Gasteiger partial charge in [0, 0.05) is 20.6 Å². The molecule has 0 aliphatic rings. The van der Waals surface area contributed by atoms with Crippen LogP contribution in [0.1, 0.15) is 13.3 Å². The van der Waals surface area contributed by atoms with Crippen LogP contribution >= 0.6 is 0 Å². The number of para-hydroxylation sites is 1. The van der Waals surface area contributed by atoms with Crippen LogP contribution in [0.25, 0.3) is 11.0 Å². The van der Waals surface area contributed by atoms with E-state index in [0.29, 0.717) is 0 Å². The molecule has 2 aromatic rings. The lowest BCUT2D eigenvalue weighted by Crippen LogP contribution is -2.15. The van der Waals surface area contributed by atoms with Gasteiger partial charge in [0.15, 0.2) is 0 Å². The van der Waals surface area contributed by atoms with Crippen LogP contribution in [0.2, 0.25) is 0 Å². The molecule has 1 aromatic heterocycles. The zero-order valence-electron chi connectivity index (χ0n) is 10.1. The smallest absolute Gasteiger partial charge is 0.206 e. The molecule has 4 nitrogen and oxygen atoms in total. The molecule has 0 atom stereocenters. The summed E-state index contributed by atoms with van der Waals surface area (Å²) in [6.07, 6.45) is 1.07. The minimum Gasteiger partial charge on any atom is -0.397 e. The maximum absolute atomic E-state index is 6.02. The van der Waals surface area contributed by atoms with Gasteiger partial charge >= 0.3 is 0 Å². The Kier molecular flexibility index (Phi) is 2.73. The van der Waals surface area contributed by atoms with Crippen molar-refractivity contribution in [2.45, 2.75) is 19.9 Å². The average molecular weight is 218 g/mol. The number of hydrogen-bond donors (Lipinski definition) is 1. The molecule has 86 valence electrons. The van der Waals surface area contributed by atoms with Crippen molar-refractivity contribution in [3.05, 3.63) is 18.2 Å². The standard InChI is InChI=1S/C12H18N4/c1-4-8-16-11-9(13)6-5-7-10(11)14-12(16)15(2)3/h5-7H,4,8,13H2,1-3H3. The molecule has 1 aromatic carbocycles. The fourth-order valence-corrected chi connectivity index (χ4v) is 1.98. The van der Waals surface area contributed by atoms with Crippen molar-refractivity contribution in [1.82, 2.24) is 9.55 Å². The van der Waals surface area contributed by atoms with Crippen LogP contribution in [-0.4, -0.2) is 23.6 Å². The molecule has 0 bridgehead atoms. The molecule has 16 heavy (non-hydrogen) atoms. The molecule has 1 heterocycles. The molecule has 0 aliphatic heterocycles. The number of benzene rings is 1. The number of anilines is 2. The van der Waals surface area contributed by atoms with Gasteiger partial charge in [-0.3, -0.25) is 0 Å². The number of aromatic nitrogens is 2. The molecule has 0 spiro atoms. The minimum atomic E-state index is 0.798. The van der Waals surface area contributed by atoms with E-state index in [4.69, 9.17) is 5.73 Å². The van der Waals surface area contributed by atoms with Crippen molar-refractivity contribution in [2.24, 2.45) is 0 Å². The third-order valence-electron chi connectivity index (χ3n) is 2.62. The third-order valence-corrected chi connectivity index (χ3v) is 2.62. The monoisotopic (exact) mass is 218 g/mol. The fourth-order valence-electron chi connectivity index (χ4n) is 1.98. The summed E-state index contributed by atoms with van der Waals surface area (Å²) < 4.78 is 2.19. The fraction of sp³-hybridized carbons (Fsp3) is 0.417.